The first-order valence-electron chi connectivity index (χ1n) is 30.4. The highest BCUT2D eigenvalue weighted by Gasteiger charge is 2.36. The van der Waals surface area contributed by atoms with E-state index in [2.05, 4.69) is 275 Å². The molecule has 9 aromatic carbocycles. The minimum atomic E-state index is -0.105. The molecule has 0 amide bonds. The average Bonchev–Trinajstić information content (AvgIpc) is 2.19. The number of para-hydroxylation sites is 1. The van der Waals surface area contributed by atoms with Gasteiger partial charge in [0.1, 0.15) is 0 Å². The van der Waals surface area contributed by atoms with Gasteiger partial charge in [-0.1, -0.05) is 244 Å². The van der Waals surface area contributed by atoms with Crippen molar-refractivity contribution in [3.05, 3.63) is 283 Å². The predicted molar refractivity (Wildman–Crippen MR) is 368 cm³/mol. The summed E-state index contributed by atoms with van der Waals surface area (Å²) in [7, 11) is 0. The largest absolute Gasteiger partial charge is 0.310 e. The van der Waals surface area contributed by atoms with E-state index in [-0.39, 0.29) is 5.41 Å². The molecule has 0 aliphatic heterocycles. The summed E-state index contributed by atoms with van der Waals surface area (Å²) in [5.41, 5.74) is 24.2. The third-order valence-corrected chi connectivity index (χ3v) is 15.9. The third-order valence-electron chi connectivity index (χ3n) is 15.9. The first-order valence-corrected chi connectivity index (χ1v) is 30.4. The lowest BCUT2D eigenvalue weighted by molar-refractivity contribution is 0.660. The van der Waals surface area contributed by atoms with E-state index in [0.29, 0.717) is 0 Å². The zero-order valence-corrected chi connectivity index (χ0v) is 51.5. The summed E-state index contributed by atoms with van der Waals surface area (Å²) in [4.78, 5) is 2.42. The van der Waals surface area contributed by atoms with Crippen LogP contribution in [0.2, 0.25) is 0 Å². The van der Waals surface area contributed by atoms with Crippen molar-refractivity contribution in [3.8, 4) is 39.1 Å². The number of benzene rings is 9. The lowest BCUT2D eigenvalue weighted by Crippen LogP contribution is -2.16. The van der Waals surface area contributed by atoms with Gasteiger partial charge in [0.2, 0.25) is 0 Å². The van der Waals surface area contributed by atoms with Gasteiger partial charge in [0.05, 0.1) is 11.0 Å². The minimum Gasteiger partial charge on any atom is -0.310 e. The molecule has 0 N–H and O–H groups in total. The second kappa shape index (κ2) is 28.3. The van der Waals surface area contributed by atoms with Gasteiger partial charge in [-0.05, 0) is 198 Å². The maximum absolute atomic E-state index is 3.46. The van der Waals surface area contributed by atoms with E-state index < -0.39 is 0 Å². The van der Waals surface area contributed by atoms with Gasteiger partial charge >= 0.3 is 0 Å². The molecule has 0 spiro atoms. The lowest BCUT2D eigenvalue weighted by Gasteiger charge is -2.28. The maximum Gasteiger partial charge on any atom is 0.0547 e. The number of hydrogen-bond acceptors (Lipinski definition) is 1. The Bertz CT molecular complexity index is 3970. The van der Waals surface area contributed by atoms with Crippen LogP contribution in [-0.2, 0) is 5.41 Å². The minimum absolute atomic E-state index is 0.105. The molecule has 83 heavy (non-hydrogen) atoms. The van der Waals surface area contributed by atoms with Gasteiger partial charge < -0.3 is 9.47 Å². The first kappa shape index (κ1) is 60.4. The normalized spacial score (nSPS) is 13.4. The summed E-state index contributed by atoms with van der Waals surface area (Å²) in [5, 5.41) is 5.21. The Morgan fingerprint density at radius 1 is 0.506 bits per heavy atom. The predicted octanol–water partition coefficient (Wildman–Crippen LogP) is 24.6. The number of aromatic nitrogens is 1. The van der Waals surface area contributed by atoms with E-state index in [4.69, 9.17) is 0 Å². The molecule has 2 heteroatoms. The molecular weight excluding hydrogens is 1000 g/mol. The fraction of sp³-hybridized carbons (Fsp3) is 0.210. The topological polar surface area (TPSA) is 8.17 Å². The van der Waals surface area contributed by atoms with E-state index in [0.717, 1.165) is 29.9 Å². The Hall–Kier alpha value is -8.72. The van der Waals surface area contributed by atoms with Crippen molar-refractivity contribution in [1.82, 2.24) is 4.57 Å². The van der Waals surface area contributed by atoms with E-state index in [1.165, 1.54) is 123 Å². The molecule has 0 fully saturated rings. The van der Waals surface area contributed by atoms with Crippen LogP contribution in [-0.4, -0.2) is 4.57 Å². The molecule has 3 aliphatic rings. The molecule has 0 saturated carbocycles. The number of anilines is 3. The zero-order valence-electron chi connectivity index (χ0n) is 51.5. The Labute approximate surface area is 497 Å². The van der Waals surface area contributed by atoms with E-state index in [1.807, 2.05) is 60.6 Å². The van der Waals surface area contributed by atoms with Crippen molar-refractivity contribution < 1.29 is 0 Å². The van der Waals surface area contributed by atoms with Crippen LogP contribution >= 0.6 is 0 Å². The Morgan fingerprint density at radius 2 is 1.07 bits per heavy atom. The highest BCUT2D eigenvalue weighted by molar-refractivity contribution is 6.23. The van der Waals surface area contributed by atoms with Crippen LogP contribution in [0.25, 0.3) is 77.2 Å². The van der Waals surface area contributed by atoms with Gasteiger partial charge in [-0.2, -0.15) is 0 Å². The van der Waals surface area contributed by atoms with Crippen LogP contribution in [0.4, 0.5) is 17.1 Å². The molecule has 0 saturated heterocycles. The smallest absolute Gasteiger partial charge is 0.0547 e. The molecule has 0 bridgehead atoms. The number of rotatable bonds is 8. The van der Waals surface area contributed by atoms with Crippen LogP contribution < -0.4 is 4.90 Å². The molecule has 420 valence electrons. The standard InChI is InChI=1S/C63H50N2.C7H10.C5H8.3C2H6/c1-41-15-11-12-20-51(41)61-42(2)23-34-55-54(61)36-38-60-62(55)56-39-46(28-37-59(56)65(60)47-18-9-6-10-19-47)45-26-31-49(32-27-45)64(48-29-24-44(25-30-48)43-16-7-5-8-17-43)50-33-35-53-52-21-13-14-22-57(52)63(3,4)58(53)40-50;1-7-5-3-2-4-6-7;1-3-5-4-2;3*1-2/h5-11,13-19,21-40H,12,20H2,1-4H3;2-3,5H,4,6H2,1H3;3-5H,1H2,2H3;3*1-2H3/b;;5-4-;;;. The third kappa shape index (κ3) is 12.7. The van der Waals surface area contributed by atoms with Crippen LogP contribution in [0.1, 0.15) is 124 Å². The lowest BCUT2D eigenvalue weighted by atomic mass is 9.82. The quantitative estimate of drug-likeness (QED) is 0.138. The van der Waals surface area contributed by atoms with Crippen molar-refractivity contribution in [3.63, 3.8) is 0 Å². The van der Waals surface area contributed by atoms with Gasteiger partial charge in [-0.25, -0.2) is 0 Å². The molecule has 3 aliphatic carbocycles. The second-order valence-corrected chi connectivity index (χ2v) is 21.3. The Morgan fingerprint density at radius 3 is 1.67 bits per heavy atom. The number of nitrogens with zero attached hydrogens (tertiary/aromatic N) is 2. The molecule has 0 radical (unpaired) electrons. The van der Waals surface area contributed by atoms with Gasteiger partial charge in [-0.3, -0.25) is 0 Å². The van der Waals surface area contributed by atoms with E-state index in [1.54, 1.807) is 6.08 Å². The zero-order chi connectivity index (χ0) is 59.0. The maximum atomic E-state index is 3.46. The van der Waals surface area contributed by atoms with Crippen LogP contribution in [0.15, 0.2) is 260 Å². The number of allylic oxidation sites excluding steroid dienone is 11. The van der Waals surface area contributed by atoms with Crippen molar-refractivity contribution in [2.24, 2.45) is 0 Å². The van der Waals surface area contributed by atoms with E-state index in [9.17, 15) is 0 Å². The molecule has 10 aromatic rings. The SMILES string of the molecule is C=C/C=C\C.CC.CC.CC.CC1=C(c2c(C)ccc3c2ccc2c3c3cc(-c4ccc(N(c5ccc(-c6ccccc6)cc5)c5ccc6c(c5)C(C)(C)c5ccccc5-6)cc4)ccc3n2-c2ccccc2)CCC=C1.CC1=CC=CCC1. The molecule has 2 nitrogen and oxygen atoms in total. The van der Waals surface area contributed by atoms with E-state index >= 15 is 0 Å². The van der Waals surface area contributed by atoms with Crippen molar-refractivity contribution in [1.29, 1.82) is 0 Å². The number of fused-ring (bicyclic) bond motifs is 8. The number of hydrogen-bond donors (Lipinski definition) is 0. The molecule has 13 rings (SSSR count). The summed E-state index contributed by atoms with van der Waals surface area (Å²) < 4.78 is 2.45. The molecular formula is C81H86N2. The Kier molecular flexibility index (Phi) is 20.6. The van der Waals surface area contributed by atoms with Crippen LogP contribution in [0.5, 0.6) is 0 Å². The van der Waals surface area contributed by atoms with Crippen molar-refractivity contribution in [2.75, 3.05) is 4.90 Å². The van der Waals surface area contributed by atoms with Gasteiger partial charge in [-0.15, -0.1) is 0 Å². The van der Waals surface area contributed by atoms with Gasteiger partial charge in [0, 0.05) is 38.9 Å². The molecule has 1 aromatic heterocycles. The Balaban J connectivity index is 0.000000440. The molecule has 1 heterocycles. The van der Waals surface area contributed by atoms with Gasteiger partial charge in [0.15, 0.2) is 0 Å². The summed E-state index contributed by atoms with van der Waals surface area (Å²) in [6.07, 6.45) is 21.3. The molecule has 0 atom stereocenters. The second-order valence-electron chi connectivity index (χ2n) is 21.3. The first-order chi connectivity index (χ1) is 40.6. The van der Waals surface area contributed by atoms with Crippen molar-refractivity contribution in [2.45, 2.75) is 114 Å². The highest BCUT2D eigenvalue weighted by atomic mass is 15.1. The average molecular weight is 1090 g/mol. The summed E-state index contributed by atoms with van der Waals surface area (Å²) >= 11 is 0. The van der Waals surface area contributed by atoms with Gasteiger partial charge in [0.25, 0.3) is 0 Å². The van der Waals surface area contributed by atoms with Crippen LogP contribution in [0, 0.1) is 6.92 Å². The fourth-order valence-corrected chi connectivity index (χ4v) is 12.0. The van der Waals surface area contributed by atoms with Crippen molar-refractivity contribution >= 4 is 55.2 Å². The van der Waals surface area contributed by atoms with Crippen LogP contribution in [0.3, 0.4) is 0 Å². The summed E-state index contributed by atoms with van der Waals surface area (Å²) in [5.74, 6) is 0. The number of aryl methyl sites for hydroxylation is 1. The summed E-state index contributed by atoms with van der Waals surface area (Å²) in [6, 6.07) is 72.1. The summed E-state index contributed by atoms with van der Waals surface area (Å²) in [6.45, 7) is 28.9. The monoisotopic (exact) mass is 1090 g/mol. The highest BCUT2D eigenvalue weighted by Crippen LogP contribution is 2.51. The molecule has 0 unspecified atom stereocenters. The fourth-order valence-electron chi connectivity index (χ4n) is 12.0.